The number of carbonyl (C=O) groups is 2. The van der Waals surface area contributed by atoms with Crippen molar-refractivity contribution in [3.8, 4) is 0 Å². The zero-order valence-electron chi connectivity index (χ0n) is 18.0. The number of aryl methyl sites for hydroxylation is 1. The Morgan fingerprint density at radius 1 is 1.18 bits per heavy atom. The third-order valence-corrected chi connectivity index (χ3v) is 5.68. The van der Waals surface area contributed by atoms with Crippen molar-refractivity contribution >= 4 is 11.8 Å². The third-order valence-electron chi connectivity index (χ3n) is 5.68. The molecule has 1 aromatic rings. The number of hydrogen-bond acceptors (Lipinski definition) is 2. The SMILES string of the molecule is CCCc1ccc([C@H]([NH2+]CC(=O)N2CC[NH+](CC(=O)NC)CC2)C(C)C)cc1. The van der Waals surface area contributed by atoms with Crippen LogP contribution in [-0.4, -0.2) is 63.0 Å². The molecule has 0 unspecified atom stereocenters. The maximum Gasteiger partial charge on any atom is 0.278 e. The van der Waals surface area contributed by atoms with Gasteiger partial charge in [-0.2, -0.15) is 0 Å². The van der Waals surface area contributed by atoms with Gasteiger partial charge in [0.15, 0.2) is 13.1 Å². The van der Waals surface area contributed by atoms with E-state index in [-0.39, 0.29) is 11.8 Å². The van der Waals surface area contributed by atoms with Crippen LogP contribution in [-0.2, 0) is 16.0 Å². The van der Waals surface area contributed by atoms with Gasteiger partial charge in [0.2, 0.25) is 0 Å². The minimum Gasteiger partial charge on any atom is -0.354 e. The fourth-order valence-corrected chi connectivity index (χ4v) is 3.91. The lowest BCUT2D eigenvalue weighted by Gasteiger charge is -2.31. The molecule has 2 amide bonds. The van der Waals surface area contributed by atoms with Crippen molar-refractivity contribution < 1.29 is 19.8 Å². The minimum absolute atomic E-state index is 0.0628. The third kappa shape index (κ3) is 6.60. The highest BCUT2D eigenvalue weighted by Crippen LogP contribution is 2.18. The molecule has 0 spiro atoms. The van der Waals surface area contributed by atoms with E-state index in [2.05, 4.69) is 55.7 Å². The van der Waals surface area contributed by atoms with Crippen molar-refractivity contribution in [1.82, 2.24) is 10.2 Å². The van der Waals surface area contributed by atoms with Crippen LogP contribution >= 0.6 is 0 Å². The first kappa shape index (κ1) is 22.4. The molecular weight excluding hydrogens is 352 g/mol. The average molecular weight is 391 g/mol. The summed E-state index contributed by atoms with van der Waals surface area (Å²) in [6.07, 6.45) is 2.27. The highest BCUT2D eigenvalue weighted by Gasteiger charge is 2.27. The van der Waals surface area contributed by atoms with Gasteiger partial charge in [-0.1, -0.05) is 51.5 Å². The summed E-state index contributed by atoms with van der Waals surface area (Å²) in [5.74, 6) is 0.721. The number of nitrogens with zero attached hydrogens (tertiary/aromatic N) is 1. The van der Waals surface area contributed by atoms with Gasteiger partial charge in [-0.25, -0.2) is 0 Å². The fraction of sp³-hybridized carbons (Fsp3) is 0.636. The zero-order chi connectivity index (χ0) is 20.5. The standard InChI is InChI=1S/C22H36N4O2/c1-5-6-18-7-9-19(10-8-18)22(17(2)3)24-15-21(28)26-13-11-25(12-14-26)16-20(27)23-4/h7-10,17,22,24H,5-6,11-16H2,1-4H3,(H,23,27)/p+2/t22-/m1/s1. The summed E-state index contributed by atoms with van der Waals surface area (Å²) in [6.45, 7) is 10.7. The summed E-state index contributed by atoms with van der Waals surface area (Å²) in [5.41, 5.74) is 2.67. The average Bonchev–Trinajstić information content (AvgIpc) is 2.69. The fourth-order valence-electron chi connectivity index (χ4n) is 3.91. The highest BCUT2D eigenvalue weighted by atomic mass is 16.2. The van der Waals surface area contributed by atoms with E-state index in [9.17, 15) is 9.59 Å². The van der Waals surface area contributed by atoms with E-state index >= 15 is 0 Å². The van der Waals surface area contributed by atoms with Gasteiger partial charge in [0.05, 0.1) is 26.2 Å². The largest absolute Gasteiger partial charge is 0.354 e. The number of likely N-dealkylation sites (N-methyl/N-ethyl adjacent to an activating group) is 1. The van der Waals surface area contributed by atoms with Crippen LogP contribution in [0, 0.1) is 5.92 Å². The van der Waals surface area contributed by atoms with Gasteiger partial charge in [-0.15, -0.1) is 0 Å². The number of nitrogens with two attached hydrogens (primary N) is 1. The molecule has 1 saturated heterocycles. The van der Waals surface area contributed by atoms with Crippen LogP contribution in [0.2, 0.25) is 0 Å². The normalized spacial score (nSPS) is 16.2. The van der Waals surface area contributed by atoms with Gasteiger partial charge in [0.25, 0.3) is 11.8 Å². The molecular formula is C22H38N4O2+2. The van der Waals surface area contributed by atoms with E-state index in [0.29, 0.717) is 25.0 Å². The second-order valence-electron chi connectivity index (χ2n) is 8.18. The van der Waals surface area contributed by atoms with Gasteiger partial charge in [-0.3, -0.25) is 9.59 Å². The van der Waals surface area contributed by atoms with Crippen LogP contribution in [0.1, 0.15) is 44.4 Å². The molecule has 156 valence electrons. The second-order valence-corrected chi connectivity index (χ2v) is 8.18. The van der Waals surface area contributed by atoms with Crippen LogP contribution < -0.4 is 15.5 Å². The Labute approximate surface area is 169 Å². The monoisotopic (exact) mass is 390 g/mol. The lowest BCUT2D eigenvalue weighted by Crippen LogP contribution is -3.16. The van der Waals surface area contributed by atoms with Crippen LogP contribution in [0.25, 0.3) is 0 Å². The first-order chi connectivity index (χ1) is 13.4. The summed E-state index contributed by atoms with van der Waals surface area (Å²) in [6, 6.07) is 9.17. The molecule has 1 aromatic carbocycles. The Kier molecular flexibility index (Phi) is 8.93. The molecule has 1 heterocycles. The molecule has 1 atom stereocenters. The highest BCUT2D eigenvalue weighted by molar-refractivity contribution is 5.77. The molecule has 0 aromatic heterocycles. The Morgan fingerprint density at radius 2 is 1.82 bits per heavy atom. The first-order valence-electron chi connectivity index (χ1n) is 10.7. The van der Waals surface area contributed by atoms with Crippen LogP contribution in [0.15, 0.2) is 24.3 Å². The molecule has 0 radical (unpaired) electrons. The van der Waals surface area contributed by atoms with Crippen molar-refractivity contribution in [3.63, 3.8) is 0 Å². The molecule has 0 bridgehead atoms. The number of benzene rings is 1. The number of piperazine rings is 1. The van der Waals surface area contributed by atoms with Gasteiger partial charge in [0, 0.05) is 18.5 Å². The van der Waals surface area contributed by atoms with Gasteiger partial charge < -0.3 is 20.4 Å². The first-order valence-corrected chi connectivity index (χ1v) is 10.7. The molecule has 1 fully saturated rings. The topological polar surface area (TPSA) is 70.5 Å². The maximum atomic E-state index is 12.7. The summed E-state index contributed by atoms with van der Waals surface area (Å²) in [4.78, 5) is 27.4. The van der Waals surface area contributed by atoms with Crippen molar-refractivity contribution in [2.45, 2.75) is 39.7 Å². The Bertz CT molecular complexity index is 622. The molecule has 2 rings (SSSR count). The molecule has 1 aliphatic rings. The molecule has 4 N–H and O–H groups in total. The Hall–Kier alpha value is -1.92. The van der Waals surface area contributed by atoms with E-state index in [4.69, 9.17) is 0 Å². The summed E-state index contributed by atoms with van der Waals surface area (Å²) < 4.78 is 0. The van der Waals surface area contributed by atoms with Crippen molar-refractivity contribution in [1.29, 1.82) is 0 Å². The van der Waals surface area contributed by atoms with Crippen LogP contribution in [0.5, 0.6) is 0 Å². The van der Waals surface area contributed by atoms with Gasteiger partial charge >= 0.3 is 0 Å². The Balaban J connectivity index is 1.84. The van der Waals surface area contributed by atoms with Crippen molar-refractivity contribution in [2.75, 3.05) is 46.3 Å². The lowest BCUT2D eigenvalue weighted by atomic mass is 9.94. The smallest absolute Gasteiger partial charge is 0.278 e. The quantitative estimate of drug-likeness (QED) is 0.526. The summed E-state index contributed by atoms with van der Waals surface area (Å²) in [5, 5.41) is 4.86. The van der Waals surface area contributed by atoms with E-state index < -0.39 is 0 Å². The number of hydrogen-bond donors (Lipinski definition) is 3. The van der Waals surface area contributed by atoms with E-state index in [0.717, 1.165) is 39.0 Å². The van der Waals surface area contributed by atoms with Gasteiger partial charge in [-0.05, 0) is 12.0 Å². The number of carbonyl (C=O) groups excluding carboxylic acids is 2. The maximum absolute atomic E-state index is 12.7. The van der Waals surface area contributed by atoms with Crippen LogP contribution in [0.4, 0.5) is 0 Å². The Morgan fingerprint density at radius 3 is 2.36 bits per heavy atom. The predicted molar refractivity (Wildman–Crippen MR) is 111 cm³/mol. The van der Waals surface area contributed by atoms with Gasteiger partial charge in [0.1, 0.15) is 6.04 Å². The molecule has 0 saturated carbocycles. The van der Waals surface area contributed by atoms with Crippen LogP contribution in [0.3, 0.4) is 0 Å². The molecule has 1 aliphatic heterocycles. The van der Waals surface area contributed by atoms with E-state index in [1.165, 1.54) is 16.0 Å². The van der Waals surface area contributed by atoms with Crippen molar-refractivity contribution in [2.24, 2.45) is 5.92 Å². The summed E-state index contributed by atoms with van der Waals surface area (Å²) >= 11 is 0. The zero-order valence-corrected chi connectivity index (χ0v) is 18.0. The second kappa shape index (κ2) is 11.2. The molecule has 6 heteroatoms. The van der Waals surface area contributed by atoms with E-state index in [1.807, 2.05) is 4.90 Å². The van der Waals surface area contributed by atoms with Crippen molar-refractivity contribution in [3.05, 3.63) is 35.4 Å². The predicted octanol–water partition coefficient (Wildman–Crippen LogP) is -0.627. The number of nitrogens with one attached hydrogen (secondary N) is 2. The van der Waals surface area contributed by atoms with E-state index in [1.54, 1.807) is 7.05 Å². The molecule has 28 heavy (non-hydrogen) atoms. The number of rotatable bonds is 9. The molecule has 0 aliphatic carbocycles. The lowest BCUT2D eigenvalue weighted by molar-refractivity contribution is -0.896. The minimum atomic E-state index is 0.0628. The number of quaternary nitrogens is 2. The molecule has 6 nitrogen and oxygen atoms in total. The summed E-state index contributed by atoms with van der Waals surface area (Å²) in [7, 11) is 1.67. The number of amides is 2.